The molecule has 2 aliphatic heterocycles. The van der Waals surface area contributed by atoms with Crippen LogP contribution in [0.15, 0.2) is 48.5 Å². The zero-order valence-corrected chi connectivity index (χ0v) is 15.2. The first-order valence-electron chi connectivity index (χ1n) is 8.68. The van der Waals surface area contributed by atoms with Gasteiger partial charge in [0.25, 0.3) is 0 Å². The molecule has 2 saturated heterocycles. The van der Waals surface area contributed by atoms with Crippen LogP contribution >= 0.6 is 12.4 Å². The van der Waals surface area contributed by atoms with E-state index in [0.717, 1.165) is 31.4 Å². The summed E-state index contributed by atoms with van der Waals surface area (Å²) >= 11 is 0. The standard InChI is InChI=1S/C20H21FN2O2.ClH/c21-17-7-2-1-4-15(17)13-25-16-6-3-5-14(12-16)18-8-9-20(23-18)10-11-22-19(20)24;/h1-7,12,18,23H,8-11,13H2,(H,22,24);1H/t18-,20-;/m1./s1. The van der Waals surface area contributed by atoms with Gasteiger partial charge in [-0.25, -0.2) is 4.39 Å². The Morgan fingerprint density at radius 1 is 1.15 bits per heavy atom. The van der Waals surface area contributed by atoms with Crippen molar-refractivity contribution in [2.24, 2.45) is 0 Å². The predicted octanol–water partition coefficient (Wildman–Crippen LogP) is 3.51. The summed E-state index contributed by atoms with van der Waals surface area (Å²) in [4.78, 5) is 12.1. The number of amides is 1. The van der Waals surface area contributed by atoms with Gasteiger partial charge in [-0.2, -0.15) is 0 Å². The lowest BCUT2D eigenvalue weighted by atomic mass is 9.96. The molecule has 2 aliphatic rings. The first-order chi connectivity index (χ1) is 12.2. The minimum Gasteiger partial charge on any atom is -0.489 e. The van der Waals surface area contributed by atoms with Crippen LogP contribution in [0.25, 0.3) is 0 Å². The molecule has 0 unspecified atom stereocenters. The van der Waals surface area contributed by atoms with Crippen molar-refractivity contribution >= 4 is 18.3 Å². The highest BCUT2D eigenvalue weighted by Crippen LogP contribution is 2.37. The molecule has 1 spiro atoms. The molecule has 0 saturated carbocycles. The number of hydrogen-bond donors (Lipinski definition) is 2. The van der Waals surface area contributed by atoms with Crippen molar-refractivity contribution in [2.45, 2.75) is 37.5 Å². The van der Waals surface area contributed by atoms with Crippen LogP contribution in [-0.2, 0) is 11.4 Å². The third-order valence-electron chi connectivity index (χ3n) is 5.19. The molecule has 1 amide bonds. The summed E-state index contributed by atoms with van der Waals surface area (Å²) in [6, 6.07) is 14.6. The van der Waals surface area contributed by atoms with Crippen LogP contribution in [0.1, 0.15) is 36.4 Å². The molecule has 2 aromatic rings. The molecule has 6 heteroatoms. The van der Waals surface area contributed by atoms with E-state index in [9.17, 15) is 9.18 Å². The van der Waals surface area contributed by atoms with Crippen molar-refractivity contribution in [3.8, 4) is 5.75 Å². The summed E-state index contributed by atoms with van der Waals surface area (Å²) in [5.74, 6) is 0.562. The van der Waals surface area contributed by atoms with E-state index >= 15 is 0 Å². The average molecular weight is 377 g/mol. The maximum atomic E-state index is 13.7. The zero-order valence-electron chi connectivity index (χ0n) is 14.3. The fourth-order valence-corrected chi connectivity index (χ4v) is 3.76. The minimum atomic E-state index is -0.408. The van der Waals surface area contributed by atoms with Gasteiger partial charge in [-0.1, -0.05) is 30.3 Å². The fraction of sp³-hybridized carbons (Fsp3) is 0.350. The van der Waals surface area contributed by atoms with E-state index in [1.54, 1.807) is 18.2 Å². The van der Waals surface area contributed by atoms with Crippen LogP contribution in [0.4, 0.5) is 4.39 Å². The Balaban J connectivity index is 0.00000196. The Kier molecular flexibility index (Phi) is 5.49. The van der Waals surface area contributed by atoms with Crippen molar-refractivity contribution < 1.29 is 13.9 Å². The van der Waals surface area contributed by atoms with Gasteiger partial charge in [-0.3, -0.25) is 10.1 Å². The zero-order chi connectivity index (χ0) is 17.3. The monoisotopic (exact) mass is 376 g/mol. The van der Waals surface area contributed by atoms with Gasteiger partial charge < -0.3 is 10.1 Å². The van der Waals surface area contributed by atoms with Crippen molar-refractivity contribution in [3.63, 3.8) is 0 Å². The van der Waals surface area contributed by atoms with Crippen molar-refractivity contribution in [1.82, 2.24) is 10.6 Å². The molecule has 0 aliphatic carbocycles. The van der Waals surface area contributed by atoms with Crippen LogP contribution in [0, 0.1) is 5.82 Å². The minimum absolute atomic E-state index is 0. The van der Waals surface area contributed by atoms with Crippen LogP contribution < -0.4 is 15.4 Å². The van der Waals surface area contributed by atoms with Crippen molar-refractivity contribution in [2.75, 3.05) is 6.54 Å². The SMILES string of the molecule is Cl.O=C1NCC[C@]12CC[C@H](c1cccc(OCc3ccccc3F)c1)N2. The van der Waals surface area contributed by atoms with E-state index in [2.05, 4.69) is 10.6 Å². The summed E-state index contributed by atoms with van der Waals surface area (Å²) in [7, 11) is 0. The molecule has 0 aromatic heterocycles. The van der Waals surface area contributed by atoms with Gasteiger partial charge in [-0.15, -0.1) is 12.4 Å². The summed E-state index contributed by atoms with van der Waals surface area (Å²) < 4.78 is 19.5. The van der Waals surface area contributed by atoms with Gasteiger partial charge in [0, 0.05) is 18.2 Å². The second kappa shape index (κ2) is 7.64. The molecule has 4 rings (SSSR count). The Labute approximate surface area is 158 Å². The number of hydrogen-bond acceptors (Lipinski definition) is 3. The molecule has 138 valence electrons. The van der Waals surface area contributed by atoms with E-state index in [0.29, 0.717) is 11.3 Å². The average Bonchev–Trinajstić information content (AvgIpc) is 3.22. The van der Waals surface area contributed by atoms with E-state index in [1.807, 2.05) is 24.3 Å². The third-order valence-corrected chi connectivity index (χ3v) is 5.19. The van der Waals surface area contributed by atoms with E-state index in [4.69, 9.17) is 4.74 Å². The quantitative estimate of drug-likeness (QED) is 0.858. The molecule has 2 N–H and O–H groups in total. The van der Waals surface area contributed by atoms with Crippen LogP contribution in [-0.4, -0.2) is 18.0 Å². The first kappa shape index (κ1) is 18.7. The Morgan fingerprint density at radius 2 is 2.00 bits per heavy atom. The van der Waals surface area contributed by atoms with E-state index in [1.165, 1.54) is 6.07 Å². The summed E-state index contributed by atoms with van der Waals surface area (Å²) in [6.45, 7) is 0.935. The van der Waals surface area contributed by atoms with Crippen LogP contribution in [0.3, 0.4) is 0 Å². The van der Waals surface area contributed by atoms with Crippen molar-refractivity contribution in [1.29, 1.82) is 0 Å². The topological polar surface area (TPSA) is 50.4 Å². The van der Waals surface area contributed by atoms with Gasteiger partial charge >= 0.3 is 0 Å². The van der Waals surface area contributed by atoms with Gasteiger partial charge in [0.2, 0.25) is 5.91 Å². The Hall–Kier alpha value is -2.11. The van der Waals surface area contributed by atoms with Crippen LogP contribution in [0.5, 0.6) is 5.75 Å². The first-order valence-corrected chi connectivity index (χ1v) is 8.68. The number of rotatable bonds is 4. The number of halogens is 2. The highest BCUT2D eigenvalue weighted by Gasteiger charge is 2.47. The molecule has 4 nitrogen and oxygen atoms in total. The van der Waals surface area contributed by atoms with E-state index in [-0.39, 0.29) is 36.8 Å². The van der Waals surface area contributed by atoms with E-state index < -0.39 is 5.54 Å². The lowest BCUT2D eigenvalue weighted by molar-refractivity contribution is -0.124. The second-order valence-electron chi connectivity index (χ2n) is 6.78. The molecule has 2 atom stereocenters. The lowest BCUT2D eigenvalue weighted by Gasteiger charge is -2.22. The lowest BCUT2D eigenvalue weighted by Crippen LogP contribution is -2.47. The largest absolute Gasteiger partial charge is 0.489 e. The summed E-state index contributed by atoms with van der Waals surface area (Å²) in [6.07, 6.45) is 2.61. The molecule has 0 bridgehead atoms. The Bertz CT molecular complexity index is 801. The number of nitrogens with one attached hydrogen (secondary N) is 2. The number of benzene rings is 2. The van der Waals surface area contributed by atoms with Gasteiger partial charge in [0.1, 0.15) is 23.7 Å². The number of carbonyl (C=O) groups is 1. The molecule has 2 heterocycles. The highest BCUT2D eigenvalue weighted by atomic mass is 35.5. The highest BCUT2D eigenvalue weighted by molar-refractivity contribution is 5.88. The molecule has 26 heavy (non-hydrogen) atoms. The maximum absolute atomic E-state index is 13.7. The fourth-order valence-electron chi connectivity index (χ4n) is 3.76. The van der Waals surface area contributed by atoms with Gasteiger partial charge in [0.05, 0.1) is 0 Å². The third kappa shape index (κ3) is 3.55. The van der Waals surface area contributed by atoms with Gasteiger partial charge in [-0.05, 0) is 43.0 Å². The predicted molar refractivity (Wildman–Crippen MR) is 99.9 cm³/mol. The smallest absolute Gasteiger partial charge is 0.240 e. The summed E-state index contributed by atoms with van der Waals surface area (Å²) in [5.41, 5.74) is 1.23. The number of ether oxygens (including phenoxy) is 1. The maximum Gasteiger partial charge on any atom is 0.240 e. The van der Waals surface area contributed by atoms with Gasteiger partial charge in [0.15, 0.2) is 0 Å². The number of carbonyl (C=O) groups excluding carboxylic acids is 1. The molecular formula is C20H22ClFN2O2. The van der Waals surface area contributed by atoms with Crippen LogP contribution in [0.2, 0.25) is 0 Å². The molecule has 0 radical (unpaired) electrons. The second-order valence-corrected chi connectivity index (χ2v) is 6.78. The summed E-state index contributed by atoms with van der Waals surface area (Å²) in [5, 5.41) is 6.43. The Morgan fingerprint density at radius 3 is 2.77 bits per heavy atom. The molecule has 2 fully saturated rings. The molecule has 2 aromatic carbocycles. The van der Waals surface area contributed by atoms with Crippen molar-refractivity contribution in [3.05, 3.63) is 65.5 Å². The normalized spacial score (nSPS) is 24.3. The molecular weight excluding hydrogens is 355 g/mol.